The first kappa shape index (κ1) is 17.0. The number of carbonyl (C=O) groups is 1. The molecular formula is C22H17FN2O2. The molecule has 0 unspecified atom stereocenters. The lowest BCUT2D eigenvalue weighted by molar-refractivity contribution is 0.102. The van der Waals surface area contributed by atoms with Crippen molar-refractivity contribution in [3.05, 3.63) is 83.2 Å². The van der Waals surface area contributed by atoms with E-state index in [1.165, 1.54) is 24.3 Å². The molecule has 0 spiro atoms. The van der Waals surface area contributed by atoms with Gasteiger partial charge in [-0.25, -0.2) is 9.37 Å². The summed E-state index contributed by atoms with van der Waals surface area (Å²) in [6.07, 6.45) is 0. The number of hydrogen-bond donors (Lipinski definition) is 1. The van der Waals surface area contributed by atoms with Gasteiger partial charge in [-0.3, -0.25) is 4.79 Å². The summed E-state index contributed by atoms with van der Waals surface area (Å²) >= 11 is 0. The largest absolute Gasteiger partial charge is 0.436 e. The van der Waals surface area contributed by atoms with Crippen LogP contribution in [0.1, 0.15) is 21.5 Å². The number of nitrogens with zero attached hydrogens (tertiary/aromatic N) is 1. The third-order valence-corrected chi connectivity index (χ3v) is 4.32. The third-order valence-electron chi connectivity index (χ3n) is 4.32. The Labute approximate surface area is 155 Å². The van der Waals surface area contributed by atoms with Crippen LogP contribution in [0.15, 0.2) is 65.1 Å². The minimum atomic E-state index is -0.375. The molecule has 1 heterocycles. The van der Waals surface area contributed by atoms with E-state index in [2.05, 4.69) is 16.4 Å². The van der Waals surface area contributed by atoms with Crippen molar-refractivity contribution < 1.29 is 13.6 Å². The number of halogens is 1. The standard InChI is InChI=1S/C22H17FN2O2/c1-13-11-14(2)20-19(12-13)25-22(27-20)16-5-9-18(10-6-16)24-21(26)15-3-7-17(23)8-4-15/h3-12H,1-2H3,(H,24,26). The Balaban J connectivity index is 1.56. The zero-order chi connectivity index (χ0) is 19.0. The van der Waals surface area contributed by atoms with E-state index in [4.69, 9.17) is 4.42 Å². The summed E-state index contributed by atoms with van der Waals surface area (Å²) in [7, 11) is 0. The van der Waals surface area contributed by atoms with Crippen molar-refractivity contribution in [1.82, 2.24) is 4.98 Å². The molecule has 4 rings (SSSR count). The van der Waals surface area contributed by atoms with Gasteiger partial charge in [-0.05, 0) is 79.6 Å². The Bertz CT molecular complexity index is 1130. The number of carbonyl (C=O) groups excluding carboxylic acids is 1. The first-order valence-electron chi connectivity index (χ1n) is 8.55. The molecule has 0 aliphatic rings. The van der Waals surface area contributed by atoms with E-state index >= 15 is 0 Å². The van der Waals surface area contributed by atoms with Crippen molar-refractivity contribution in [1.29, 1.82) is 0 Å². The highest BCUT2D eigenvalue weighted by Gasteiger charge is 2.11. The summed E-state index contributed by atoms with van der Waals surface area (Å²) in [5, 5.41) is 2.79. The number of fused-ring (bicyclic) bond motifs is 1. The number of nitrogens with one attached hydrogen (secondary N) is 1. The number of hydrogen-bond acceptors (Lipinski definition) is 3. The van der Waals surface area contributed by atoms with Gasteiger partial charge in [0.25, 0.3) is 5.91 Å². The fourth-order valence-electron chi connectivity index (χ4n) is 3.00. The minimum absolute atomic E-state index is 0.296. The van der Waals surface area contributed by atoms with E-state index in [-0.39, 0.29) is 11.7 Å². The average molecular weight is 360 g/mol. The number of aryl methyl sites for hydroxylation is 2. The van der Waals surface area contributed by atoms with Crippen LogP contribution in [0.5, 0.6) is 0 Å². The Morgan fingerprint density at radius 1 is 1.00 bits per heavy atom. The molecule has 4 nitrogen and oxygen atoms in total. The highest BCUT2D eigenvalue weighted by Crippen LogP contribution is 2.28. The normalized spacial score (nSPS) is 10.9. The van der Waals surface area contributed by atoms with E-state index in [1.54, 1.807) is 12.1 Å². The molecular weight excluding hydrogens is 343 g/mol. The second-order valence-electron chi connectivity index (χ2n) is 6.49. The van der Waals surface area contributed by atoms with Crippen molar-refractivity contribution in [2.75, 3.05) is 5.32 Å². The number of benzene rings is 3. The summed E-state index contributed by atoms with van der Waals surface area (Å²) in [5.41, 5.74) is 5.65. The highest BCUT2D eigenvalue weighted by atomic mass is 19.1. The molecule has 0 bridgehead atoms. The molecule has 0 radical (unpaired) electrons. The van der Waals surface area contributed by atoms with Gasteiger partial charge in [-0.15, -0.1) is 0 Å². The van der Waals surface area contributed by atoms with E-state index in [0.717, 1.165) is 27.8 Å². The molecule has 134 valence electrons. The van der Waals surface area contributed by atoms with Crippen molar-refractivity contribution in [2.24, 2.45) is 0 Å². The van der Waals surface area contributed by atoms with E-state index < -0.39 is 0 Å². The van der Waals surface area contributed by atoms with Crippen molar-refractivity contribution in [2.45, 2.75) is 13.8 Å². The molecule has 27 heavy (non-hydrogen) atoms. The molecule has 0 saturated heterocycles. The fraction of sp³-hybridized carbons (Fsp3) is 0.0909. The lowest BCUT2D eigenvalue weighted by atomic mass is 10.1. The number of oxazole rings is 1. The maximum Gasteiger partial charge on any atom is 0.255 e. The van der Waals surface area contributed by atoms with Gasteiger partial charge in [0.2, 0.25) is 5.89 Å². The summed E-state index contributed by atoms with van der Waals surface area (Å²) in [4.78, 5) is 16.8. The lowest BCUT2D eigenvalue weighted by Crippen LogP contribution is -2.11. The molecule has 0 saturated carbocycles. The zero-order valence-electron chi connectivity index (χ0n) is 14.9. The van der Waals surface area contributed by atoms with Crippen molar-refractivity contribution in [3.8, 4) is 11.5 Å². The Kier molecular flexibility index (Phi) is 4.20. The van der Waals surface area contributed by atoms with Gasteiger partial charge in [-0.1, -0.05) is 6.07 Å². The molecule has 0 fully saturated rings. The SMILES string of the molecule is Cc1cc(C)c2oc(-c3ccc(NC(=O)c4ccc(F)cc4)cc3)nc2c1. The lowest BCUT2D eigenvalue weighted by Gasteiger charge is -2.05. The second-order valence-corrected chi connectivity index (χ2v) is 6.49. The molecule has 4 aromatic rings. The van der Waals surface area contributed by atoms with Gasteiger partial charge < -0.3 is 9.73 Å². The number of anilines is 1. The number of amides is 1. The van der Waals surface area contributed by atoms with Gasteiger partial charge in [0.15, 0.2) is 5.58 Å². The molecule has 0 aliphatic carbocycles. The van der Waals surface area contributed by atoms with Gasteiger partial charge in [0.05, 0.1) is 0 Å². The molecule has 3 aromatic carbocycles. The Hall–Kier alpha value is -3.47. The summed E-state index contributed by atoms with van der Waals surface area (Å²) in [6.45, 7) is 4.03. The molecule has 5 heteroatoms. The maximum absolute atomic E-state index is 13.0. The van der Waals surface area contributed by atoms with Gasteiger partial charge in [-0.2, -0.15) is 0 Å². The fourth-order valence-corrected chi connectivity index (χ4v) is 3.00. The average Bonchev–Trinajstić information content (AvgIpc) is 3.07. The smallest absolute Gasteiger partial charge is 0.255 e. The molecule has 0 aliphatic heterocycles. The van der Waals surface area contributed by atoms with Crippen LogP contribution in [0.2, 0.25) is 0 Å². The predicted molar refractivity (Wildman–Crippen MR) is 103 cm³/mol. The van der Waals surface area contributed by atoms with Crippen LogP contribution in [0.3, 0.4) is 0 Å². The van der Waals surface area contributed by atoms with Crippen molar-refractivity contribution in [3.63, 3.8) is 0 Å². The Morgan fingerprint density at radius 3 is 2.41 bits per heavy atom. The monoisotopic (exact) mass is 360 g/mol. The first-order valence-corrected chi connectivity index (χ1v) is 8.55. The summed E-state index contributed by atoms with van der Waals surface area (Å²) in [6, 6.07) is 16.7. The van der Waals surface area contributed by atoms with Crippen LogP contribution in [0, 0.1) is 19.7 Å². The van der Waals surface area contributed by atoms with E-state index in [0.29, 0.717) is 17.1 Å². The van der Waals surface area contributed by atoms with Gasteiger partial charge in [0.1, 0.15) is 11.3 Å². The summed E-state index contributed by atoms with van der Waals surface area (Å²) in [5.74, 6) is -0.134. The number of rotatable bonds is 3. The van der Waals surface area contributed by atoms with E-state index in [9.17, 15) is 9.18 Å². The maximum atomic E-state index is 13.0. The molecule has 1 amide bonds. The van der Waals surface area contributed by atoms with Gasteiger partial charge in [0, 0.05) is 16.8 Å². The van der Waals surface area contributed by atoms with E-state index in [1.807, 2.05) is 32.0 Å². The minimum Gasteiger partial charge on any atom is -0.436 e. The quantitative estimate of drug-likeness (QED) is 0.525. The molecule has 1 N–H and O–H groups in total. The van der Waals surface area contributed by atoms with Crippen LogP contribution in [-0.2, 0) is 0 Å². The first-order chi connectivity index (χ1) is 13.0. The molecule has 0 atom stereocenters. The third kappa shape index (κ3) is 3.44. The van der Waals surface area contributed by atoms with Gasteiger partial charge >= 0.3 is 0 Å². The van der Waals surface area contributed by atoms with Crippen molar-refractivity contribution >= 4 is 22.7 Å². The van der Waals surface area contributed by atoms with Crippen LogP contribution < -0.4 is 5.32 Å². The Morgan fingerprint density at radius 2 is 1.70 bits per heavy atom. The second kappa shape index (κ2) is 6.68. The highest BCUT2D eigenvalue weighted by molar-refractivity contribution is 6.04. The molecule has 1 aromatic heterocycles. The predicted octanol–water partition coefficient (Wildman–Crippen LogP) is 5.50. The number of aromatic nitrogens is 1. The van der Waals surface area contributed by atoms with Crippen LogP contribution in [0.25, 0.3) is 22.6 Å². The zero-order valence-corrected chi connectivity index (χ0v) is 14.9. The summed E-state index contributed by atoms with van der Waals surface area (Å²) < 4.78 is 18.9. The topological polar surface area (TPSA) is 55.1 Å². The van der Waals surface area contributed by atoms with Crippen LogP contribution in [-0.4, -0.2) is 10.9 Å². The van der Waals surface area contributed by atoms with Crippen LogP contribution in [0.4, 0.5) is 10.1 Å². The van der Waals surface area contributed by atoms with Crippen LogP contribution >= 0.6 is 0 Å².